The maximum Gasteiger partial charge on any atom is 0.220 e. The molecule has 1 rings (SSSR count). The van der Waals surface area contributed by atoms with E-state index < -0.39 is 0 Å². The molecule has 0 aliphatic heterocycles. The Bertz CT molecular complexity index is 379. The molecule has 3 N–H and O–H groups in total. The van der Waals surface area contributed by atoms with Crippen molar-refractivity contribution in [1.82, 2.24) is 5.32 Å². The Kier molecular flexibility index (Phi) is 6.89. The van der Waals surface area contributed by atoms with Gasteiger partial charge in [-0.2, -0.15) is 0 Å². The molecule has 1 atom stereocenters. The third-order valence-electron chi connectivity index (χ3n) is 2.75. The summed E-state index contributed by atoms with van der Waals surface area (Å²) in [7, 11) is 0. The van der Waals surface area contributed by atoms with Crippen molar-refractivity contribution in [3.63, 3.8) is 0 Å². The summed E-state index contributed by atoms with van der Waals surface area (Å²) in [6.07, 6.45) is 1.53. The lowest BCUT2D eigenvalue weighted by molar-refractivity contribution is -0.122. The van der Waals surface area contributed by atoms with E-state index in [1.165, 1.54) is 0 Å². The number of halogens is 1. The van der Waals surface area contributed by atoms with E-state index in [0.29, 0.717) is 25.4 Å². The average Bonchev–Trinajstić information content (AvgIpc) is 2.70. The zero-order valence-corrected chi connectivity index (χ0v) is 13.3. The number of amides is 1. The van der Waals surface area contributed by atoms with Gasteiger partial charge >= 0.3 is 0 Å². The van der Waals surface area contributed by atoms with Crippen LogP contribution < -0.4 is 11.1 Å². The number of thiophene rings is 1. The van der Waals surface area contributed by atoms with Gasteiger partial charge < -0.3 is 11.1 Å². The van der Waals surface area contributed by atoms with Crippen LogP contribution in [0, 0.1) is 11.8 Å². The molecular weight excluding hydrogens is 312 g/mol. The Labute approximate surface area is 121 Å². The molecule has 0 saturated carbocycles. The van der Waals surface area contributed by atoms with Gasteiger partial charge in [-0.05, 0) is 52.2 Å². The molecular formula is C13H21BrN2OS. The summed E-state index contributed by atoms with van der Waals surface area (Å²) in [5.74, 6) is 0.959. The summed E-state index contributed by atoms with van der Waals surface area (Å²) < 4.78 is 1.06. The highest BCUT2D eigenvalue weighted by molar-refractivity contribution is 9.10. The molecule has 0 fully saturated rings. The van der Waals surface area contributed by atoms with Crippen LogP contribution in [0.4, 0.5) is 0 Å². The highest BCUT2D eigenvalue weighted by Crippen LogP contribution is 2.22. The molecule has 5 heteroatoms. The van der Waals surface area contributed by atoms with Crippen molar-refractivity contribution < 1.29 is 4.79 Å². The van der Waals surface area contributed by atoms with Crippen LogP contribution in [-0.4, -0.2) is 12.5 Å². The lowest BCUT2D eigenvalue weighted by Gasteiger charge is -2.16. The van der Waals surface area contributed by atoms with E-state index in [0.717, 1.165) is 15.8 Å². The van der Waals surface area contributed by atoms with E-state index in [1.54, 1.807) is 11.3 Å². The Morgan fingerprint density at radius 2 is 2.28 bits per heavy atom. The SMILES string of the molecule is CC(C)C[C@H](CN)CC(=O)NCc1sccc1Br. The minimum Gasteiger partial charge on any atom is -0.351 e. The number of carbonyl (C=O) groups is 1. The van der Waals surface area contributed by atoms with E-state index in [-0.39, 0.29) is 11.8 Å². The molecule has 18 heavy (non-hydrogen) atoms. The van der Waals surface area contributed by atoms with Gasteiger partial charge in [0.15, 0.2) is 0 Å². The highest BCUT2D eigenvalue weighted by Gasteiger charge is 2.14. The van der Waals surface area contributed by atoms with Crippen LogP contribution in [0.1, 0.15) is 31.6 Å². The van der Waals surface area contributed by atoms with Crippen LogP contribution in [0.2, 0.25) is 0 Å². The van der Waals surface area contributed by atoms with Gasteiger partial charge in [0.25, 0.3) is 0 Å². The fourth-order valence-electron chi connectivity index (χ4n) is 1.89. The topological polar surface area (TPSA) is 55.1 Å². The maximum absolute atomic E-state index is 11.8. The van der Waals surface area contributed by atoms with Gasteiger partial charge in [-0.25, -0.2) is 0 Å². The lowest BCUT2D eigenvalue weighted by Crippen LogP contribution is -2.28. The van der Waals surface area contributed by atoms with Gasteiger partial charge in [0.1, 0.15) is 0 Å². The summed E-state index contributed by atoms with van der Waals surface area (Å²) in [6, 6.07) is 1.99. The smallest absolute Gasteiger partial charge is 0.220 e. The van der Waals surface area contributed by atoms with E-state index in [1.807, 2.05) is 11.4 Å². The first-order valence-electron chi connectivity index (χ1n) is 6.21. The van der Waals surface area contributed by atoms with Crippen molar-refractivity contribution in [2.24, 2.45) is 17.6 Å². The van der Waals surface area contributed by atoms with Gasteiger partial charge in [0.05, 0.1) is 6.54 Å². The van der Waals surface area contributed by atoms with Gasteiger partial charge in [-0.1, -0.05) is 13.8 Å². The first-order valence-corrected chi connectivity index (χ1v) is 7.88. The summed E-state index contributed by atoms with van der Waals surface area (Å²) in [5.41, 5.74) is 5.70. The second kappa shape index (κ2) is 7.92. The van der Waals surface area contributed by atoms with Crippen molar-refractivity contribution in [1.29, 1.82) is 0 Å². The minimum absolute atomic E-state index is 0.0893. The fourth-order valence-corrected chi connectivity index (χ4v) is 3.33. The van der Waals surface area contributed by atoms with Crippen molar-refractivity contribution >= 4 is 33.2 Å². The molecule has 1 aromatic rings. The van der Waals surface area contributed by atoms with E-state index in [4.69, 9.17) is 5.73 Å². The average molecular weight is 333 g/mol. The summed E-state index contributed by atoms with van der Waals surface area (Å²) in [4.78, 5) is 13.0. The van der Waals surface area contributed by atoms with Crippen molar-refractivity contribution in [3.05, 3.63) is 20.8 Å². The molecule has 102 valence electrons. The quantitative estimate of drug-likeness (QED) is 0.805. The van der Waals surface area contributed by atoms with Crippen LogP contribution in [-0.2, 0) is 11.3 Å². The van der Waals surface area contributed by atoms with E-state index in [2.05, 4.69) is 35.1 Å². The normalized spacial score (nSPS) is 12.7. The Hall–Kier alpha value is -0.390. The lowest BCUT2D eigenvalue weighted by atomic mass is 9.94. The first kappa shape index (κ1) is 15.7. The number of rotatable bonds is 7. The van der Waals surface area contributed by atoms with Gasteiger partial charge in [-0.15, -0.1) is 11.3 Å². The molecule has 1 amide bonds. The molecule has 0 unspecified atom stereocenters. The molecule has 0 saturated heterocycles. The van der Waals surface area contributed by atoms with Gasteiger partial charge in [-0.3, -0.25) is 4.79 Å². The molecule has 0 bridgehead atoms. The molecule has 0 spiro atoms. The van der Waals surface area contributed by atoms with Gasteiger partial charge in [0.2, 0.25) is 5.91 Å². The van der Waals surface area contributed by atoms with Crippen molar-refractivity contribution in [2.75, 3.05) is 6.54 Å². The Balaban J connectivity index is 2.34. The van der Waals surface area contributed by atoms with Crippen LogP contribution in [0.25, 0.3) is 0 Å². The third-order valence-corrected chi connectivity index (χ3v) is 4.68. The van der Waals surface area contributed by atoms with Crippen molar-refractivity contribution in [3.8, 4) is 0 Å². The third kappa shape index (κ3) is 5.50. The highest BCUT2D eigenvalue weighted by atomic mass is 79.9. The Morgan fingerprint density at radius 1 is 1.56 bits per heavy atom. The number of nitrogens with one attached hydrogen (secondary N) is 1. The predicted octanol–water partition coefficient (Wildman–Crippen LogP) is 3.14. The molecule has 0 aliphatic carbocycles. The fraction of sp³-hybridized carbons (Fsp3) is 0.615. The van der Waals surface area contributed by atoms with Crippen LogP contribution in [0.5, 0.6) is 0 Å². The molecule has 0 aliphatic rings. The van der Waals surface area contributed by atoms with Crippen LogP contribution >= 0.6 is 27.3 Å². The van der Waals surface area contributed by atoms with E-state index in [9.17, 15) is 4.79 Å². The summed E-state index contributed by atoms with van der Waals surface area (Å²) in [5, 5.41) is 4.96. The zero-order valence-electron chi connectivity index (χ0n) is 10.9. The zero-order chi connectivity index (χ0) is 13.5. The number of hydrogen-bond donors (Lipinski definition) is 2. The molecule has 0 aromatic carbocycles. The van der Waals surface area contributed by atoms with E-state index >= 15 is 0 Å². The molecule has 1 heterocycles. The summed E-state index contributed by atoms with van der Waals surface area (Å²) >= 11 is 5.09. The Morgan fingerprint density at radius 3 is 2.78 bits per heavy atom. The monoisotopic (exact) mass is 332 g/mol. The minimum atomic E-state index is 0.0893. The second-order valence-corrected chi connectivity index (χ2v) is 6.76. The standard InChI is InChI=1S/C13H21BrN2OS/c1-9(2)5-10(7-15)6-13(17)16-8-12-11(14)3-4-18-12/h3-4,9-10H,5-8,15H2,1-2H3,(H,16,17)/t10-/m0/s1. The predicted molar refractivity (Wildman–Crippen MR) is 80.5 cm³/mol. The molecule has 1 aromatic heterocycles. The largest absolute Gasteiger partial charge is 0.351 e. The maximum atomic E-state index is 11.8. The molecule has 3 nitrogen and oxygen atoms in total. The number of carbonyl (C=O) groups excluding carboxylic acids is 1. The number of nitrogens with two attached hydrogens (primary N) is 1. The first-order chi connectivity index (χ1) is 8.52. The van der Waals surface area contributed by atoms with Crippen LogP contribution in [0.15, 0.2) is 15.9 Å². The number of hydrogen-bond acceptors (Lipinski definition) is 3. The van der Waals surface area contributed by atoms with Crippen LogP contribution in [0.3, 0.4) is 0 Å². The van der Waals surface area contributed by atoms with Crippen molar-refractivity contribution in [2.45, 2.75) is 33.2 Å². The second-order valence-electron chi connectivity index (χ2n) is 4.90. The summed E-state index contributed by atoms with van der Waals surface area (Å²) in [6.45, 7) is 5.48. The molecule has 0 radical (unpaired) electrons. The van der Waals surface area contributed by atoms with Gasteiger partial charge in [0, 0.05) is 15.8 Å².